The average molecular weight is 483 g/mol. The van der Waals surface area contributed by atoms with Crippen molar-refractivity contribution in [3.63, 3.8) is 0 Å². The largest absolute Gasteiger partial charge is 0.486 e. The molecule has 0 aromatic heterocycles. The smallest absolute Gasteiger partial charge is 0.264 e. The van der Waals surface area contributed by atoms with Gasteiger partial charge in [-0.05, 0) is 65.2 Å². The molecular weight excluding hydrogens is 463 g/mol. The van der Waals surface area contributed by atoms with Crippen LogP contribution in [0.5, 0.6) is 5.75 Å². The first-order valence-corrected chi connectivity index (χ1v) is 11.6. The van der Waals surface area contributed by atoms with Gasteiger partial charge in [-0.3, -0.25) is 4.79 Å². The van der Waals surface area contributed by atoms with Crippen LogP contribution in [-0.2, 0) is 17.8 Å². The molecule has 3 aromatic rings. The van der Waals surface area contributed by atoms with Gasteiger partial charge in [-0.2, -0.15) is 0 Å². The number of nitrogens with zero attached hydrogens (tertiary/aromatic N) is 1. The number of aliphatic imine (C=N–C) groups is 1. The van der Waals surface area contributed by atoms with Crippen molar-refractivity contribution in [1.82, 2.24) is 5.32 Å². The summed E-state index contributed by atoms with van der Waals surface area (Å²) in [5.74, 6) is 0.205. The fourth-order valence-electron chi connectivity index (χ4n) is 3.09. The Labute approximate surface area is 201 Å². The number of rotatable bonds is 6. The molecule has 1 aliphatic rings. The highest BCUT2D eigenvalue weighted by Gasteiger charge is 2.24. The molecule has 1 amide bonds. The molecule has 1 N–H and O–H groups in total. The van der Waals surface area contributed by atoms with Crippen LogP contribution < -0.4 is 10.1 Å². The van der Waals surface area contributed by atoms with Crippen molar-refractivity contribution in [2.24, 2.45) is 4.99 Å². The lowest BCUT2D eigenvalue weighted by Gasteiger charge is -2.11. The number of benzene rings is 3. The highest BCUT2D eigenvalue weighted by Crippen LogP contribution is 2.36. The van der Waals surface area contributed by atoms with Gasteiger partial charge in [0.25, 0.3) is 5.91 Å². The second-order valence-electron chi connectivity index (χ2n) is 7.09. The summed E-state index contributed by atoms with van der Waals surface area (Å²) in [7, 11) is 0. The molecule has 1 aliphatic heterocycles. The van der Waals surface area contributed by atoms with E-state index in [2.05, 4.69) is 17.2 Å². The molecule has 0 bridgehead atoms. The Kier molecular flexibility index (Phi) is 7.20. The van der Waals surface area contributed by atoms with Gasteiger partial charge >= 0.3 is 0 Å². The highest BCUT2D eigenvalue weighted by molar-refractivity contribution is 8.18. The summed E-state index contributed by atoms with van der Waals surface area (Å²) in [6.07, 6.45) is 2.71. The number of amidine groups is 1. The summed E-state index contributed by atoms with van der Waals surface area (Å²) in [5.41, 5.74) is 3.75. The predicted molar refractivity (Wildman–Crippen MR) is 134 cm³/mol. The van der Waals surface area contributed by atoms with Crippen LogP contribution in [0.15, 0.2) is 76.6 Å². The minimum atomic E-state index is -0.212. The molecule has 0 radical (unpaired) electrons. The van der Waals surface area contributed by atoms with E-state index >= 15 is 0 Å². The number of halogens is 2. The van der Waals surface area contributed by atoms with Gasteiger partial charge in [0.1, 0.15) is 6.61 Å². The first-order valence-electron chi connectivity index (χ1n) is 10.1. The summed E-state index contributed by atoms with van der Waals surface area (Å²) >= 11 is 14.1. The summed E-state index contributed by atoms with van der Waals surface area (Å²) in [4.78, 5) is 17.4. The molecule has 0 atom stereocenters. The minimum absolute atomic E-state index is 0.212. The first-order chi connectivity index (χ1) is 15.5. The number of carbonyl (C=O) groups is 1. The topological polar surface area (TPSA) is 50.7 Å². The Morgan fingerprint density at radius 3 is 2.34 bits per heavy atom. The zero-order valence-corrected chi connectivity index (χ0v) is 19.6. The highest BCUT2D eigenvalue weighted by atomic mass is 35.5. The zero-order chi connectivity index (χ0) is 22.5. The Morgan fingerprint density at radius 1 is 1.00 bits per heavy atom. The second kappa shape index (κ2) is 10.3. The molecule has 1 fully saturated rings. The monoisotopic (exact) mass is 482 g/mol. The molecule has 4 rings (SSSR count). The Bertz CT molecular complexity index is 1170. The fourth-order valence-corrected chi connectivity index (χ4v) is 4.54. The number of thioether (sulfide) groups is 1. The maximum atomic E-state index is 12.4. The number of aryl methyl sites for hydroxylation is 1. The van der Waals surface area contributed by atoms with Crippen LogP contribution in [0.25, 0.3) is 6.08 Å². The molecule has 3 aromatic carbocycles. The molecule has 4 nitrogen and oxygen atoms in total. The zero-order valence-electron chi connectivity index (χ0n) is 17.3. The van der Waals surface area contributed by atoms with E-state index in [0.29, 0.717) is 38.0 Å². The number of hydrogen-bond acceptors (Lipinski definition) is 4. The van der Waals surface area contributed by atoms with E-state index in [-0.39, 0.29) is 5.91 Å². The average Bonchev–Trinajstić information content (AvgIpc) is 3.12. The lowest BCUT2D eigenvalue weighted by Crippen LogP contribution is -2.19. The lowest BCUT2D eigenvalue weighted by atomic mass is 10.2. The van der Waals surface area contributed by atoms with Crippen LogP contribution in [0.2, 0.25) is 10.0 Å². The summed E-state index contributed by atoms with van der Waals surface area (Å²) in [6.45, 7) is 2.46. The maximum absolute atomic E-state index is 12.4. The molecule has 7 heteroatoms. The fraction of sp³-hybridized carbons (Fsp3) is 0.120. The number of hydrogen-bond donors (Lipinski definition) is 1. The van der Waals surface area contributed by atoms with E-state index in [0.717, 1.165) is 17.7 Å². The molecule has 0 aliphatic carbocycles. The summed E-state index contributed by atoms with van der Waals surface area (Å²) < 4.78 is 5.81. The molecular formula is C25H20Cl2N2O2S. The molecule has 0 saturated carbocycles. The van der Waals surface area contributed by atoms with Crippen molar-refractivity contribution in [2.45, 2.75) is 20.0 Å². The Balaban J connectivity index is 1.49. The molecule has 0 spiro atoms. The van der Waals surface area contributed by atoms with Crippen molar-refractivity contribution in [2.75, 3.05) is 0 Å². The normalized spacial score (nSPS) is 15.9. The third-order valence-electron chi connectivity index (χ3n) is 4.77. The van der Waals surface area contributed by atoms with Gasteiger partial charge < -0.3 is 10.1 Å². The van der Waals surface area contributed by atoms with E-state index in [4.69, 9.17) is 27.9 Å². The number of nitrogens with one attached hydrogen (secondary N) is 1. The lowest BCUT2D eigenvalue weighted by molar-refractivity contribution is -0.115. The molecule has 0 unspecified atom stereocenters. The second-order valence-corrected chi connectivity index (χ2v) is 8.93. The molecule has 1 saturated heterocycles. The molecule has 162 valence electrons. The number of ether oxygens (including phenoxy) is 1. The van der Waals surface area contributed by atoms with E-state index in [1.807, 2.05) is 54.6 Å². The van der Waals surface area contributed by atoms with Gasteiger partial charge in [0, 0.05) is 0 Å². The van der Waals surface area contributed by atoms with Crippen molar-refractivity contribution < 1.29 is 9.53 Å². The number of carbonyl (C=O) groups excluding carboxylic acids is 1. The van der Waals surface area contributed by atoms with Gasteiger partial charge in [0.2, 0.25) is 0 Å². The van der Waals surface area contributed by atoms with Gasteiger partial charge in [0.05, 0.1) is 20.6 Å². The van der Waals surface area contributed by atoms with E-state index in [1.165, 1.54) is 17.3 Å². The molecule has 1 heterocycles. The van der Waals surface area contributed by atoms with Crippen molar-refractivity contribution in [1.29, 1.82) is 0 Å². The van der Waals surface area contributed by atoms with Crippen LogP contribution in [0.1, 0.15) is 23.6 Å². The van der Waals surface area contributed by atoms with Crippen LogP contribution in [-0.4, -0.2) is 11.1 Å². The van der Waals surface area contributed by atoms with Gasteiger partial charge in [0.15, 0.2) is 10.9 Å². The van der Waals surface area contributed by atoms with E-state index in [9.17, 15) is 4.79 Å². The SMILES string of the molecule is CCc1ccc(N=C2NC(=O)C(=Cc3cc(Cl)c(OCc4ccccc4)c(Cl)c3)S2)cc1. The van der Waals surface area contributed by atoms with Gasteiger partial charge in [-0.15, -0.1) is 0 Å². The van der Waals surface area contributed by atoms with Crippen LogP contribution in [0, 0.1) is 0 Å². The van der Waals surface area contributed by atoms with Gasteiger partial charge in [-0.25, -0.2) is 4.99 Å². The van der Waals surface area contributed by atoms with E-state index in [1.54, 1.807) is 18.2 Å². The third kappa shape index (κ3) is 5.54. The van der Waals surface area contributed by atoms with Crippen LogP contribution in [0.4, 0.5) is 5.69 Å². The summed E-state index contributed by atoms with van der Waals surface area (Å²) in [6, 6.07) is 21.2. The maximum Gasteiger partial charge on any atom is 0.264 e. The van der Waals surface area contributed by atoms with Crippen LogP contribution >= 0.6 is 35.0 Å². The Morgan fingerprint density at radius 2 is 1.69 bits per heavy atom. The van der Waals surface area contributed by atoms with Crippen molar-refractivity contribution >= 4 is 57.8 Å². The van der Waals surface area contributed by atoms with Crippen LogP contribution in [0.3, 0.4) is 0 Å². The van der Waals surface area contributed by atoms with Crippen molar-refractivity contribution in [3.8, 4) is 5.75 Å². The molecule has 32 heavy (non-hydrogen) atoms. The minimum Gasteiger partial charge on any atom is -0.486 e. The predicted octanol–water partition coefficient (Wildman–Crippen LogP) is 7.03. The quantitative estimate of drug-likeness (QED) is 0.383. The first kappa shape index (κ1) is 22.5. The Hall–Kier alpha value is -2.73. The van der Waals surface area contributed by atoms with E-state index < -0.39 is 0 Å². The summed E-state index contributed by atoms with van der Waals surface area (Å²) in [5, 5.41) is 4.09. The van der Waals surface area contributed by atoms with Crippen molar-refractivity contribution in [3.05, 3.63) is 98.4 Å². The third-order valence-corrected chi connectivity index (χ3v) is 6.24. The standard InChI is InChI=1S/C25H20Cl2N2O2S/c1-2-16-8-10-19(11-9-16)28-25-29-24(30)22(32-25)14-18-12-20(26)23(21(27)13-18)31-15-17-6-4-3-5-7-17/h3-14H,2,15H2,1H3,(H,28,29,30). The number of amides is 1. The van der Waals surface area contributed by atoms with Gasteiger partial charge in [-0.1, -0.05) is 72.6 Å².